The summed E-state index contributed by atoms with van der Waals surface area (Å²) in [6, 6.07) is 19.2. The SMILES string of the molecule is CC[N-]CCCC(C)Nc1nc(-c2cc(Br)c3ccccc3c2)nc2c(C)cccc12.[K+]. The first-order chi connectivity index (χ1) is 15.1. The predicted molar refractivity (Wildman–Crippen MR) is 136 cm³/mol. The summed E-state index contributed by atoms with van der Waals surface area (Å²) in [5, 5.41) is 11.5. The molecule has 0 aliphatic rings. The summed E-state index contributed by atoms with van der Waals surface area (Å²) < 4.78 is 1.05. The van der Waals surface area contributed by atoms with Gasteiger partial charge in [-0.15, -0.1) is 6.54 Å². The first kappa shape index (κ1) is 25.8. The minimum Gasteiger partial charge on any atom is -0.662 e. The normalized spacial score (nSPS) is 12.0. The van der Waals surface area contributed by atoms with Crippen molar-refractivity contribution in [3.8, 4) is 11.4 Å². The van der Waals surface area contributed by atoms with Crippen LogP contribution in [0.4, 0.5) is 5.82 Å². The molecule has 4 rings (SSSR count). The minimum atomic E-state index is 0. The molecule has 32 heavy (non-hydrogen) atoms. The Kier molecular flexibility index (Phi) is 9.67. The van der Waals surface area contributed by atoms with Crippen molar-refractivity contribution >= 4 is 43.4 Å². The third-order valence-electron chi connectivity index (χ3n) is 5.56. The van der Waals surface area contributed by atoms with Crippen molar-refractivity contribution in [3.05, 3.63) is 70.0 Å². The van der Waals surface area contributed by atoms with Crippen molar-refractivity contribution < 1.29 is 51.4 Å². The number of rotatable bonds is 8. The first-order valence-corrected chi connectivity index (χ1v) is 11.7. The molecule has 1 aromatic heterocycles. The molecule has 6 heteroatoms. The van der Waals surface area contributed by atoms with Gasteiger partial charge in [-0.05, 0) is 54.8 Å². The van der Waals surface area contributed by atoms with E-state index in [9.17, 15) is 0 Å². The summed E-state index contributed by atoms with van der Waals surface area (Å²) in [4.78, 5) is 9.94. The molecule has 0 aliphatic heterocycles. The minimum absolute atomic E-state index is 0. The molecule has 0 radical (unpaired) electrons. The van der Waals surface area contributed by atoms with Crippen LogP contribution in [0, 0.1) is 6.92 Å². The zero-order valence-electron chi connectivity index (χ0n) is 19.3. The molecule has 0 spiro atoms. The van der Waals surface area contributed by atoms with E-state index < -0.39 is 0 Å². The second-order valence-electron chi connectivity index (χ2n) is 8.00. The molecule has 160 valence electrons. The molecular formula is C26H28BrKN4. The van der Waals surface area contributed by atoms with Crippen molar-refractivity contribution in [1.82, 2.24) is 9.97 Å². The Labute approximate surface area is 241 Å². The first-order valence-electron chi connectivity index (χ1n) is 10.9. The maximum atomic E-state index is 4.98. The number of halogens is 1. The molecule has 1 unspecified atom stereocenters. The number of nitrogens with one attached hydrogen (secondary N) is 1. The zero-order valence-corrected chi connectivity index (χ0v) is 24.0. The second-order valence-corrected chi connectivity index (χ2v) is 8.85. The van der Waals surface area contributed by atoms with Crippen LogP contribution in [-0.4, -0.2) is 29.1 Å². The van der Waals surface area contributed by atoms with Crippen LogP contribution in [0.1, 0.15) is 32.3 Å². The molecule has 1 N–H and O–H groups in total. The quantitative estimate of drug-likeness (QED) is 0.278. The number of aromatic nitrogens is 2. The van der Waals surface area contributed by atoms with E-state index in [2.05, 4.69) is 102 Å². The monoisotopic (exact) mass is 514 g/mol. The van der Waals surface area contributed by atoms with E-state index in [4.69, 9.17) is 9.97 Å². The van der Waals surface area contributed by atoms with Crippen molar-refractivity contribution in [1.29, 1.82) is 0 Å². The van der Waals surface area contributed by atoms with Gasteiger partial charge < -0.3 is 10.6 Å². The molecule has 1 heterocycles. The molecule has 4 nitrogen and oxygen atoms in total. The summed E-state index contributed by atoms with van der Waals surface area (Å²) >= 11 is 3.73. The van der Waals surface area contributed by atoms with Crippen molar-refractivity contribution in [2.75, 3.05) is 18.4 Å². The van der Waals surface area contributed by atoms with Gasteiger partial charge in [-0.25, -0.2) is 9.97 Å². The van der Waals surface area contributed by atoms with Crippen LogP contribution in [0.2, 0.25) is 0 Å². The number of hydrogen-bond donors (Lipinski definition) is 1. The molecule has 3 aromatic carbocycles. The van der Waals surface area contributed by atoms with Crippen LogP contribution in [0.15, 0.2) is 59.1 Å². The molecule has 1 atom stereocenters. The Morgan fingerprint density at radius 1 is 1.03 bits per heavy atom. The molecule has 0 amide bonds. The number of fused-ring (bicyclic) bond motifs is 2. The fourth-order valence-corrected chi connectivity index (χ4v) is 4.51. The van der Waals surface area contributed by atoms with Crippen LogP contribution < -0.4 is 56.7 Å². The Morgan fingerprint density at radius 3 is 2.62 bits per heavy atom. The van der Waals surface area contributed by atoms with Gasteiger partial charge in [-0.2, -0.15) is 6.54 Å². The summed E-state index contributed by atoms with van der Waals surface area (Å²) in [5.74, 6) is 1.64. The smallest absolute Gasteiger partial charge is 0.662 e. The summed E-state index contributed by atoms with van der Waals surface area (Å²) in [5.41, 5.74) is 3.15. The van der Waals surface area contributed by atoms with E-state index in [1.807, 2.05) is 0 Å². The Bertz CT molecular complexity index is 1210. The second kappa shape index (κ2) is 12.0. The largest absolute Gasteiger partial charge is 1.00 e. The van der Waals surface area contributed by atoms with Crippen molar-refractivity contribution in [2.45, 2.75) is 39.7 Å². The van der Waals surface area contributed by atoms with Gasteiger partial charge in [0.05, 0.1) is 5.52 Å². The third-order valence-corrected chi connectivity index (χ3v) is 6.21. The van der Waals surface area contributed by atoms with Crippen LogP contribution in [0.3, 0.4) is 0 Å². The van der Waals surface area contributed by atoms with Gasteiger partial charge in [0.25, 0.3) is 0 Å². The van der Waals surface area contributed by atoms with Crippen molar-refractivity contribution in [2.24, 2.45) is 0 Å². The number of anilines is 1. The maximum Gasteiger partial charge on any atom is 1.00 e. The molecule has 0 fully saturated rings. The molecule has 0 saturated heterocycles. The van der Waals surface area contributed by atoms with E-state index in [-0.39, 0.29) is 51.4 Å². The van der Waals surface area contributed by atoms with Crippen molar-refractivity contribution in [3.63, 3.8) is 0 Å². The standard InChI is InChI=1S/C26H28BrN4.K/c1-4-28-14-8-10-18(3)29-26-22-13-7-9-17(2)24(22)30-25(31-26)20-15-19-11-5-6-12-21(19)23(27)16-20;/h5-7,9,11-13,15-16,18H,4,8,10,14H2,1-3H3,(H,29,30,31);/q-1;+1. The number of para-hydroxylation sites is 1. The summed E-state index contributed by atoms with van der Waals surface area (Å²) in [6.07, 6.45) is 2.13. The molecule has 0 aliphatic carbocycles. The van der Waals surface area contributed by atoms with E-state index in [0.29, 0.717) is 6.04 Å². The molecule has 0 bridgehead atoms. The van der Waals surface area contributed by atoms with Gasteiger partial charge in [0, 0.05) is 21.5 Å². The van der Waals surface area contributed by atoms with Gasteiger partial charge in [-0.3, -0.25) is 0 Å². The Hall–Kier alpha value is -0.864. The van der Waals surface area contributed by atoms with Crippen LogP contribution in [-0.2, 0) is 0 Å². The van der Waals surface area contributed by atoms with Crippen LogP contribution in [0.5, 0.6) is 0 Å². The third kappa shape index (κ3) is 5.97. The number of benzene rings is 3. The van der Waals surface area contributed by atoms with Gasteiger partial charge in [0.1, 0.15) is 5.82 Å². The average Bonchev–Trinajstić information content (AvgIpc) is 2.77. The van der Waals surface area contributed by atoms with Gasteiger partial charge >= 0.3 is 51.4 Å². The van der Waals surface area contributed by atoms with Gasteiger partial charge in [0.2, 0.25) is 0 Å². The fraction of sp³-hybridized carbons (Fsp3) is 0.308. The topological polar surface area (TPSA) is 51.9 Å². The van der Waals surface area contributed by atoms with E-state index in [1.54, 1.807) is 0 Å². The van der Waals surface area contributed by atoms with Crippen LogP contribution in [0.25, 0.3) is 38.4 Å². The number of nitrogens with zero attached hydrogens (tertiary/aromatic N) is 3. The van der Waals surface area contributed by atoms with Gasteiger partial charge in [0.15, 0.2) is 5.82 Å². The molecule has 0 saturated carbocycles. The predicted octanol–water partition coefficient (Wildman–Crippen LogP) is 4.50. The number of hydrogen-bond acceptors (Lipinski definition) is 3. The van der Waals surface area contributed by atoms with E-state index >= 15 is 0 Å². The Morgan fingerprint density at radius 2 is 1.81 bits per heavy atom. The summed E-state index contributed by atoms with van der Waals surface area (Å²) in [6.45, 7) is 8.21. The fourth-order valence-electron chi connectivity index (χ4n) is 3.90. The zero-order chi connectivity index (χ0) is 21.8. The molecular weight excluding hydrogens is 487 g/mol. The molecule has 4 aromatic rings. The Balaban J connectivity index is 0.00000289. The average molecular weight is 516 g/mol. The van der Waals surface area contributed by atoms with E-state index in [1.165, 1.54) is 10.8 Å². The number of aryl methyl sites for hydroxylation is 1. The van der Waals surface area contributed by atoms with E-state index in [0.717, 1.165) is 64.1 Å². The van der Waals surface area contributed by atoms with Gasteiger partial charge in [-0.1, -0.05) is 65.7 Å². The maximum absolute atomic E-state index is 4.98. The summed E-state index contributed by atoms with van der Waals surface area (Å²) in [7, 11) is 0. The van der Waals surface area contributed by atoms with Crippen LogP contribution >= 0.6 is 15.9 Å².